The maximum absolute atomic E-state index is 5.52. The van der Waals surface area contributed by atoms with Crippen LogP contribution in [0.25, 0.3) is 0 Å². The van der Waals surface area contributed by atoms with E-state index in [-0.39, 0.29) is 5.79 Å². The van der Waals surface area contributed by atoms with Crippen molar-refractivity contribution in [1.29, 1.82) is 0 Å². The molecule has 5 heterocycles. The molecule has 6 aliphatic rings. The van der Waals surface area contributed by atoms with Gasteiger partial charge < -0.3 is 30.7 Å². The number of ether oxygens (including phenoxy) is 2. The second kappa shape index (κ2) is 15.1. The molecule has 0 bridgehead atoms. The number of fused-ring (bicyclic) bond motifs is 1. The first-order valence-electron chi connectivity index (χ1n) is 12.8. The maximum Gasteiger partial charge on any atom is 0.170 e. The summed E-state index contributed by atoms with van der Waals surface area (Å²) in [6, 6.07) is 0. The largest absolute Gasteiger partial charge is 0.347 e. The molecule has 1 aliphatic carbocycles. The second-order valence-corrected chi connectivity index (χ2v) is 9.25. The number of hydrogen-bond acceptors (Lipinski definition) is 6. The number of hydrogen-bond donors (Lipinski definition) is 4. The summed E-state index contributed by atoms with van der Waals surface area (Å²) in [4.78, 5) is 0. The molecule has 178 valence electrons. The summed E-state index contributed by atoms with van der Waals surface area (Å²) in [6.45, 7) is 10.6. The Balaban J connectivity index is 0.000000122. The van der Waals surface area contributed by atoms with E-state index >= 15 is 0 Å². The molecule has 0 aromatic carbocycles. The van der Waals surface area contributed by atoms with Crippen LogP contribution in [0.5, 0.6) is 0 Å². The van der Waals surface area contributed by atoms with Crippen molar-refractivity contribution in [3.05, 3.63) is 24.3 Å². The Labute approximate surface area is 190 Å². The van der Waals surface area contributed by atoms with Crippen LogP contribution in [0.2, 0.25) is 0 Å². The van der Waals surface area contributed by atoms with E-state index in [2.05, 4.69) is 45.6 Å². The molecule has 0 aromatic heterocycles. The Hall–Kier alpha value is -0.760. The predicted octanol–water partition coefficient (Wildman–Crippen LogP) is 2.58. The molecule has 31 heavy (non-hydrogen) atoms. The van der Waals surface area contributed by atoms with Crippen molar-refractivity contribution in [1.82, 2.24) is 21.3 Å². The molecule has 6 nitrogen and oxygen atoms in total. The van der Waals surface area contributed by atoms with E-state index in [1.807, 2.05) is 0 Å². The molecular formula is C25H46N4O2. The first-order chi connectivity index (χ1) is 15.4. The third-order valence-electron chi connectivity index (χ3n) is 6.95. The molecule has 1 spiro atoms. The molecule has 0 aromatic rings. The van der Waals surface area contributed by atoms with Crippen molar-refractivity contribution in [2.45, 2.75) is 57.2 Å². The molecule has 6 heteroatoms. The lowest BCUT2D eigenvalue weighted by molar-refractivity contribution is -0.172. The van der Waals surface area contributed by atoms with Crippen molar-refractivity contribution in [2.75, 3.05) is 65.6 Å². The Kier molecular flexibility index (Phi) is 12.2. The van der Waals surface area contributed by atoms with Crippen LogP contribution < -0.4 is 21.3 Å². The highest BCUT2D eigenvalue weighted by atomic mass is 16.7. The van der Waals surface area contributed by atoms with E-state index in [0.29, 0.717) is 0 Å². The molecular weight excluding hydrogens is 388 g/mol. The Bertz CT molecular complexity index is 472. The smallest absolute Gasteiger partial charge is 0.170 e. The van der Waals surface area contributed by atoms with Crippen LogP contribution >= 0.6 is 0 Å². The third-order valence-corrected chi connectivity index (χ3v) is 6.95. The lowest BCUT2D eigenvalue weighted by Crippen LogP contribution is -2.42. The second-order valence-electron chi connectivity index (χ2n) is 9.25. The SMILES string of the molecule is C1=CCNC1.C1=CCNCC1.C1CC2(CCN1)OCCO2.C1CCC2CNCCC2C1. The summed E-state index contributed by atoms with van der Waals surface area (Å²) >= 11 is 0. The summed E-state index contributed by atoms with van der Waals surface area (Å²) in [5.74, 6) is 1.95. The monoisotopic (exact) mass is 434 g/mol. The molecule has 4 fully saturated rings. The number of piperidine rings is 2. The van der Waals surface area contributed by atoms with Gasteiger partial charge in [-0.25, -0.2) is 0 Å². The molecule has 4 N–H and O–H groups in total. The van der Waals surface area contributed by atoms with Gasteiger partial charge in [0.05, 0.1) is 13.2 Å². The van der Waals surface area contributed by atoms with E-state index in [1.165, 1.54) is 51.6 Å². The molecule has 6 rings (SSSR count). The normalized spacial score (nSPS) is 30.7. The minimum absolute atomic E-state index is 0.189. The van der Waals surface area contributed by atoms with E-state index in [4.69, 9.17) is 9.47 Å². The summed E-state index contributed by atoms with van der Waals surface area (Å²) in [6.07, 6.45) is 19.3. The first-order valence-corrected chi connectivity index (χ1v) is 12.8. The lowest BCUT2D eigenvalue weighted by Gasteiger charge is -2.35. The fourth-order valence-electron chi connectivity index (χ4n) is 5.09. The van der Waals surface area contributed by atoms with Gasteiger partial charge in [-0.3, -0.25) is 0 Å². The molecule has 3 saturated heterocycles. The van der Waals surface area contributed by atoms with E-state index in [9.17, 15) is 0 Å². The zero-order valence-corrected chi connectivity index (χ0v) is 19.5. The van der Waals surface area contributed by atoms with Crippen LogP contribution in [0.15, 0.2) is 24.3 Å². The zero-order valence-electron chi connectivity index (χ0n) is 19.5. The van der Waals surface area contributed by atoms with Gasteiger partial charge in [0.1, 0.15) is 0 Å². The highest BCUT2D eigenvalue weighted by Crippen LogP contribution is 2.33. The summed E-state index contributed by atoms with van der Waals surface area (Å²) in [5.41, 5.74) is 0. The summed E-state index contributed by atoms with van der Waals surface area (Å²) in [5, 5.41) is 13.1. The Morgan fingerprint density at radius 1 is 0.613 bits per heavy atom. The molecule has 0 radical (unpaired) electrons. The van der Waals surface area contributed by atoms with Crippen LogP contribution in [0.3, 0.4) is 0 Å². The van der Waals surface area contributed by atoms with Crippen LogP contribution in [0.1, 0.15) is 51.4 Å². The minimum atomic E-state index is -0.189. The fourth-order valence-corrected chi connectivity index (χ4v) is 5.09. The molecule has 1 saturated carbocycles. The van der Waals surface area contributed by atoms with Crippen molar-refractivity contribution < 1.29 is 9.47 Å². The van der Waals surface area contributed by atoms with Gasteiger partial charge >= 0.3 is 0 Å². The van der Waals surface area contributed by atoms with Crippen molar-refractivity contribution in [3.63, 3.8) is 0 Å². The van der Waals surface area contributed by atoms with Gasteiger partial charge in [-0.15, -0.1) is 0 Å². The van der Waals surface area contributed by atoms with Gasteiger partial charge in [0.25, 0.3) is 0 Å². The van der Waals surface area contributed by atoms with Gasteiger partial charge in [0.15, 0.2) is 5.79 Å². The zero-order chi connectivity index (χ0) is 21.5. The fraction of sp³-hybridized carbons (Fsp3) is 0.840. The quantitative estimate of drug-likeness (QED) is 0.440. The topological polar surface area (TPSA) is 66.6 Å². The van der Waals surface area contributed by atoms with Crippen LogP contribution in [-0.2, 0) is 9.47 Å². The Morgan fingerprint density at radius 3 is 1.81 bits per heavy atom. The van der Waals surface area contributed by atoms with Crippen molar-refractivity contribution in [2.24, 2.45) is 11.8 Å². The van der Waals surface area contributed by atoms with Crippen molar-refractivity contribution >= 4 is 0 Å². The van der Waals surface area contributed by atoms with Gasteiger partial charge in [-0.2, -0.15) is 0 Å². The van der Waals surface area contributed by atoms with E-state index in [1.54, 1.807) is 0 Å². The maximum atomic E-state index is 5.52. The Morgan fingerprint density at radius 2 is 1.29 bits per heavy atom. The predicted molar refractivity (Wildman–Crippen MR) is 128 cm³/mol. The first kappa shape index (κ1) is 24.9. The van der Waals surface area contributed by atoms with E-state index < -0.39 is 0 Å². The highest BCUT2D eigenvalue weighted by Gasteiger charge is 2.37. The van der Waals surface area contributed by atoms with Gasteiger partial charge in [0.2, 0.25) is 0 Å². The average molecular weight is 435 g/mol. The molecule has 2 atom stereocenters. The summed E-state index contributed by atoms with van der Waals surface area (Å²) in [7, 11) is 0. The van der Waals surface area contributed by atoms with E-state index in [0.717, 1.165) is 77.2 Å². The van der Waals surface area contributed by atoms with Crippen LogP contribution in [-0.4, -0.2) is 71.4 Å². The summed E-state index contributed by atoms with van der Waals surface area (Å²) < 4.78 is 11.0. The van der Waals surface area contributed by atoms with Crippen LogP contribution in [0, 0.1) is 11.8 Å². The minimum Gasteiger partial charge on any atom is -0.347 e. The van der Waals surface area contributed by atoms with Gasteiger partial charge in [-0.05, 0) is 50.7 Å². The highest BCUT2D eigenvalue weighted by molar-refractivity contribution is 4.92. The molecule has 0 amide bonds. The third kappa shape index (κ3) is 9.72. The number of nitrogens with one attached hydrogen (secondary N) is 4. The average Bonchev–Trinajstić information content (AvgIpc) is 3.58. The van der Waals surface area contributed by atoms with Gasteiger partial charge in [-0.1, -0.05) is 43.6 Å². The van der Waals surface area contributed by atoms with Crippen molar-refractivity contribution in [3.8, 4) is 0 Å². The lowest BCUT2D eigenvalue weighted by atomic mass is 9.76. The molecule has 5 aliphatic heterocycles. The van der Waals surface area contributed by atoms with Crippen LogP contribution in [0.4, 0.5) is 0 Å². The standard InChI is InChI=1S/C9H17N.C7H13NO2.C5H9N.C4H7N/c1-2-4-9-7-10-6-5-8(9)3-1;1-3-8-4-2-7(1)9-5-6-10-7;1-2-4-6-5-3-1;1-2-4-5-3-1/h8-10H,1-7H2;8H,1-6H2;1-2,6H,3-5H2;1-2,5H,3-4H2. The van der Waals surface area contributed by atoms with Gasteiger partial charge in [0, 0.05) is 45.6 Å². The molecule has 2 unspecified atom stereocenters. The number of rotatable bonds is 0.